The molecule has 2 aliphatic rings. The van der Waals surface area contributed by atoms with Crippen molar-refractivity contribution in [3.8, 4) is 0 Å². The maximum absolute atomic E-state index is 11.0. The van der Waals surface area contributed by atoms with Crippen LogP contribution < -0.4 is 5.32 Å². The van der Waals surface area contributed by atoms with Crippen molar-refractivity contribution >= 4 is 5.69 Å². The van der Waals surface area contributed by atoms with Crippen LogP contribution in [-0.2, 0) is 6.42 Å². The summed E-state index contributed by atoms with van der Waals surface area (Å²) in [6, 6.07) is 8.66. The molecule has 3 atom stereocenters. The normalized spacial score (nSPS) is 35.0. The Morgan fingerprint density at radius 1 is 1.39 bits per heavy atom. The molecule has 0 amide bonds. The van der Waals surface area contributed by atoms with Crippen LogP contribution in [0.3, 0.4) is 0 Å². The van der Waals surface area contributed by atoms with Gasteiger partial charge in [-0.2, -0.15) is 0 Å². The smallest absolute Gasteiger partial charge is 0.0853 e. The minimum Gasteiger partial charge on any atom is -0.388 e. The maximum atomic E-state index is 11.0. The molecule has 1 aliphatic carbocycles. The Kier molecular flexibility index (Phi) is 3.06. The molecule has 1 aromatic carbocycles. The second-order valence-electron chi connectivity index (χ2n) is 6.03. The third kappa shape index (κ3) is 2.03. The number of rotatable bonds is 2. The topological polar surface area (TPSA) is 32.3 Å². The van der Waals surface area contributed by atoms with E-state index in [1.165, 1.54) is 30.5 Å². The van der Waals surface area contributed by atoms with Crippen molar-refractivity contribution in [2.45, 2.75) is 57.1 Å². The molecule has 2 N–H and O–H groups in total. The van der Waals surface area contributed by atoms with E-state index in [0.717, 1.165) is 19.3 Å². The van der Waals surface area contributed by atoms with Crippen LogP contribution in [-0.4, -0.2) is 16.7 Å². The fourth-order valence-corrected chi connectivity index (χ4v) is 3.69. The van der Waals surface area contributed by atoms with Crippen LogP contribution in [0.1, 0.15) is 44.6 Å². The van der Waals surface area contributed by atoms with Crippen molar-refractivity contribution in [1.29, 1.82) is 0 Å². The van der Waals surface area contributed by atoms with Gasteiger partial charge in [-0.15, -0.1) is 0 Å². The summed E-state index contributed by atoms with van der Waals surface area (Å²) in [7, 11) is 0. The zero-order valence-corrected chi connectivity index (χ0v) is 11.2. The molecule has 2 heteroatoms. The standard InChI is InChI=1S/C16H23NO/c1-2-12-6-5-9-16(18,11-12)15-10-13-7-3-4-8-14(13)17-15/h3-4,7-8,12,15,17-18H,2,5-6,9-11H2,1H3. The number of nitrogens with one attached hydrogen (secondary N) is 1. The summed E-state index contributed by atoms with van der Waals surface area (Å²) in [4.78, 5) is 0. The molecule has 0 radical (unpaired) electrons. The highest BCUT2D eigenvalue weighted by Crippen LogP contribution is 2.41. The first-order valence-electron chi connectivity index (χ1n) is 7.28. The second kappa shape index (κ2) is 4.58. The van der Waals surface area contributed by atoms with E-state index >= 15 is 0 Å². The molecule has 2 nitrogen and oxygen atoms in total. The van der Waals surface area contributed by atoms with E-state index in [1.807, 2.05) is 0 Å². The zero-order chi connectivity index (χ0) is 12.6. The summed E-state index contributed by atoms with van der Waals surface area (Å²) < 4.78 is 0. The number of para-hydroxylation sites is 1. The Morgan fingerprint density at radius 2 is 2.22 bits per heavy atom. The minimum absolute atomic E-state index is 0.212. The van der Waals surface area contributed by atoms with Crippen LogP contribution >= 0.6 is 0 Å². The summed E-state index contributed by atoms with van der Waals surface area (Å²) in [6.45, 7) is 2.24. The highest BCUT2D eigenvalue weighted by molar-refractivity contribution is 5.57. The molecule has 1 fully saturated rings. The first-order valence-corrected chi connectivity index (χ1v) is 7.28. The minimum atomic E-state index is -0.502. The monoisotopic (exact) mass is 245 g/mol. The fourth-order valence-electron chi connectivity index (χ4n) is 3.69. The van der Waals surface area contributed by atoms with Crippen LogP contribution in [0.15, 0.2) is 24.3 Å². The lowest BCUT2D eigenvalue weighted by atomic mass is 9.73. The predicted molar refractivity (Wildman–Crippen MR) is 74.8 cm³/mol. The molecular weight excluding hydrogens is 222 g/mol. The number of aliphatic hydroxyl groups is 1. The van der Waals surface area contributed by atoms with Crippen molar-refractivity contribution in [2.24, 2.45) is 5.92 Å². The predicted octanol–water partition coefficient (Wildman–Crippen LogP) is 3.35. The average Bonchev–Trinajstić information content (AvgIpc) is 2.83. The second-order valence-corrected chi connectivity index (χ2v) is 6.03. The lowest BCUT2D eigenvalue weighted by Crippen LogP contribution is -2.49. The van der Waals surface area contributed by atoms with E-state index in [0.29, 0.717) is 5.92 Å². The molecule has 1 aliphatic heterocycles. The van der Waals surface area contributed by atoms with E-state index in [9.17, 15) is 5.11 Å². The Morgan fingerprint density at radius 3 is 3.00 bits per heavy atom. The SMILES string of the molecule is CCC1CCCC(O)(C2Cc3ccccc3N2)C1. The summed E-state index contributed by atoms with van der Waals surface area (Å²) >= 11 is 0. The van der Waals surface area contributed by atoms with Crippen LogP contribution in [0.2, 0.25) is 0 Å². The Bertz CT molecular complexity index is 406. The van der Waals surface area contributed by atoms with E-state index in [-0.39, 0.29) is 6.04 Å². The number of fused-ring (bicyclic) bond motifs is 1. The van der Waals surface area contributed by atoms with Gasteiger partial charge >= 0.3 is 0 Å². The maximum Gasteiger partial charge on any atom is 0.0853 e. The number of hydrogen-bond acceptors (Lipinski definition) is 2. The number of anilines is 1. The molecule has 18 heavy (non-hydrogen) atoms. The van der Waals surface area contributed by atoms with E-state index in [1.54, 1.807) is 0 Å². The third-order valence-corrected chi connectivity index (χ3v) is 4.86. The first kappa shape index (κ1) is 12.0. The fraction of sp³-hybridized carbons (Fsp3) is 0.625. The van der Waals surface area contributed by atoms with Crippen molar-refractivity contribution in [2.75, 3.05) is 5.32 Å². The van der Waals surface area contributed by atoms with E-state index < -0.39 is 5.60 Å². The average molecular weight is 245 g/mol. The van der Waals surface area contributed by atoms with E-state index in [4.69, 9.17) is 0 Å². The highest BCUT2D eigenvalue weighted by Gasteiger charge is 2.42. The van der Waals surface area contributed by atoms with Crippen molar-refractivity contribution < 1.29 is 5.11 Å². The summed E-state index contributed by atoms with van der Waals surface area (Å²) in [5.41, 5.74) is 2.07. The van der Waals surface area contributed by atoms with Crippen molar-refractivity contribution in [1.82, 2.24) is 0 Å². The van der Waals surface area contributed by atoms with Gasteiger partial charge in [0.2, 0.25) is 0 Å². The summed E-state index contributed by atoms with van der Waals surface area (Å²) in [5, 5.41) is 14.5. The lowest BCUT2D eigenvalue weighted by Gasteiger charge is -2.41. The van der Waals surface area contributed by atoms with Gasteiger partial charge in [0.1, 0.15) is 0 Å². The van der Waals surface area contributed by atoms with Gasteiger partial charge in [-0.05, 0) is 36.8 Å². The molecule has 0 spiro atoms. The molecule has 98 valence electrons. The van der Waals surface area contributed by atoms with Gasteiger partial charge in [-0.1, -0.05) is 44.4 Å². The Balaban J connectivity index is 1.76. The molecule has 1 saturated carbocycles. The van der Waals surface area contributed by atoms with E-state index in [2.05, 4.69) is 36.5 Å². The van der Waals surface area contributed by atoms with Crippen LogP contribution in [0.5, 0.6) is 0 Å². The van der Waals surface area contributed by atoms with Gasteiger partial charge in [0.15, 0.2) is 0 Å². The van der Waals surface area contributed by atoms with Gasteiger partial charge in [-0.3, -0.25) is 0 Å². The van der Waals surface area contributed by atoms with Gasteiger partial charge in [-0.25, -0.2) is 0 Å². The zero-order valence-electron chi connectivity index (χ0n) is 11.2. The summed E-state index contributed by atoms with van der Waals surface area (Å²) in [5.74, 6) is 0.703. The van der Waals surface area contributed by atoms with Gasteiger partial charge in [0, 0.05) is 5.69 Å². The Hall–Kier alpha value is -1.02. The third-order valence-electron chi connectivity index (χ3n) is 4.86. The molecule has 1 aromatic rings. The highest BCUT2D eigenvalue weighted by atomic mass is 16.3. The largest absolute Gasteiger partial charge is 0.388 e. The number of hydrogen-bond donors (Lipinski definition) is 2. The molecule has 3 rings (SSSR count). The summed E-state index contributed by atoms with van der Waals surface area (Å²) in [6.07, 6.45) is 6.55. The van der Waals surface area contributed by atoms with Crippen molar-refractivity contribution in [3.63, 3.8) is 0 Å². The Labute approximate surface area is 109 Å². The molecule has 0 bridgehead atoms. The first-order chi connectivity index (χ1) is 8.71. The van der Waals surface area contributed by atoms with Gasteiger partial charge in [0.25, 0.3) is 0 Å². The van der Waals surface area contributed by atoms with Gasteiger partial charge in [0.05, 0.1) is 11.6 Å². The molecule has 3 unspecified atom stereocenters. The van der Waals surface area contributed by atoms with Crippen LogP contribution in [0, 0.1) is 5.92 Å². The van der Waals surface area contributed by atoms with Crippen molar-refractivity contribution in [3.05, 3.63) is 29.8 Å². The van der Waals surface area contributed by atoms with Crippen LogP contribution in [0.25, 0.3) is 0 Å². The van der Waals surface area contributed by atoms with Crippen LogP contribution in [0.4, 0.5) is 5.69 Å². The molecule has 1 heterocycles. The number of benzene rings is 1. The molecule has 0 aromatic heterocycles. The molecular formula is C16H23NO. The lowest BCUT2D eigenvalue weighted by molar-refractivity contribution is -0.0308. The molecule has 0 saturated heterocycles. The quantitative estimate of drug-likeness (QED) is 0.837. The van der Waals surface area contributed by atoms with Gasteiger partial charge < -0.3 is 10.4 Å².